The highest BCUT2D eigenvalue weighted by atomic mass is 16.5. The highest BCUT2D eigenvalue weighted by Crippen LogP contribution is 2.39. The molecule has 0 saturated carbocycles. The standard InChI is InChI=1S/C26H26N4O5.C25H24N4O5.C24H24N4O6/c1-14(2)20(18-12-11-15(3)35-18)29-22-21(24(32)25(22)33)28-17-9-7-8-16(23(17)31)26(34)30(4)19-10-5-6-13-27-19;1-4-16(18-12-11-14(2)34-18)27-20-21(24(32)23(20)31)28-17-9-7-8-15(22(17)30)25(33)29(3)19-10-5-6-13-26-19;1-5-15(17-10-9-12(2)33-17)25-19-20(23(31)22(19)30)26-16-8-6-7-14(21(16)29)24(32)28(4)18-11-13(3)34-27-18/h5-14,20,28-29,31H,1-4H3;5-13,16,27-28,30H,4H2,1-3H3;6-11,15,25-26,29H,5H2,1-4H3/t20-;16-;15-/m111/s1. The van der Waals surface area contributed by atoms with Crippen LogP contribution in [0.3, 0.4) is 0 Å². The van der Waals surface area contributed by atoms with Crippen LogP contribution in [0.4, 0.5) is 68.6 Å². The number of furan rings is 3. The smallest absolute Gasteiger partial charge is 0.263 e. The normalized spacial score (nSPS) is 12.0. The van der Waals surface area contributed by atoms with Crippen molar-refractivity contribution in [3.8, 4) is 17.2 Å². The number of phenolic OH excluding ortho intramolecular Hbond substituents is 3. The number of anilines is 12. The Hall–Kier alpha value is -13.1. The number of aromatic nitrogens is 3. The molecule has 6 aromatic heterocycles. The van der Waals surface area contributed by atoms with Gasteiger partial charge in [-0.1, -0.05) is 63.2 Å². The molecule has 12 aromatic rings. The Labute approximate surface area is 588 Å². The van der Waals surface area contributed by atoms with Crippen molar-refractivity contribution in [2.45, 2.75) is 86.4 Å². The van der Waals surface area contributed by atoms with Gasteiger partial charge in [-0.15, -0.1) is 0 Å². The third kappa shape index (κ3) is 15.4. The molecule has 0 aliphatic rings. The molecule has 0 bridgehead atoms. The molecule has 3 amide bonds. The van der Waals surface area contributed by atoms with E-state index in [9.17, 15) is 58.5 Å². The summed E-state index contributed by atoms with van der Waals surface area (Å²) in [5, 5.41) is 53.9. The van der Waals surface area contributed by atoms with Gasteiger partial charge in [0.2, 0.25) is 0 Å². The SMILES string of the molecule is CC[C@@H](Nc1c(Nc2cccc(C(=O)N(C)c3cc(C)on3)c2O)c(=O)c1=O)c1ccc(C)o1.CC[C@@H](Nc1c(Nc2cccc(C(=O)N(C)c3ccccn3)c2O)c(=O)c1=O)c1ccc(C)o1.Cc1ccc([C@H](Nc2c(Nc3cccc(C(=O)N(C)c4ccccn4)c3O)c(=O)c2=O)C(C)C)o1. The van der Waals surface area contributed by atoms with Gasteiger partial charge >= 0.3 is 0 Å². The van der Waals surface area contributed by atoms with Crippen molar-refractivity contribution in [1.29, 1.82) is 0 Å². The molecule has 12 rings (SSSR count). The van der Waals surface area contributed by atoms with Gasteiger partial charge in [-0.25, -0.2) is 9.97 Å². The molecule has 0 spiro atoms. The number of para-hydroxylation sites is 3. The van der Waals surface area contributed by atoms with Crippen LogP contribution in [0.1, 0.15) is 130 Å². The number of pyridine rings is 2. The largest absolute Gasteiger partial charge is 0.505 e. The molecule has 0 unspecified atom stereocenters. The summed E-state index contributed by atoms with van der Waals surface area (Å²) in [6.07, 6.45) is 4.34. The van der Waals surface area contributed by atoms with Crippen molar-refractivity contribution in [2.24, 2.45) is 5.92 Å². The van der Waals surface area contributed by atoms with Gasteiger partial charge in [0, 0.05) is 39.6 Å². The molecule has 9 N–H and O–H groups in total. The van der Waals surface area contributed by atoms with Crippen LogP contribution in [0.2, 0.25) is 0 Å². The fourth-order valence-electron chi connectivity index (χ4n) is 11.0. The summed E-state index contributed by atoms with van der Waals surface area (Å²) in [5.41, 5.74) is -3.44. The predicted octanol–water partition coefficient (Wildman–Crippen LogP) is 11.8. The lowest BCUT2D eigenvalue weighted by Gasteiger charge is -2.24. The quantitative estimate of drug-likeness (QED) is 0.0200. The van der Waals surface area contributed by atoms with Gasteiger partial charge in [0.05, 0.1) is 51.9 Å². The minimum absolute atomic E-state index is 0.00658. The molecule has 103 heavy (non-hydrogen) atoms. The molecule has 28 nitrogen and oxygen atoms in total. The number of aromatic hydroxyl groups is 3. The molecule has 0 aliphatic carbocycles. The second-order valence-electron chi connectivity index (χ2n) is 24.4. The summed E-state index contributed by atoms with van der Waals surface area (Å²) in [5.74, 6) is 3.27. The van der Waals surface area contributed by atoms with E-state index < -0.39 is 50.3 Å². The summed E-state index contributed by atoms with van der Waals surface area (Å²) in [7, 11) is 4.59. The second kappa shape index (κ2) is 31.0. The minimum Gasteiger partial charge on any atom is -0.505 e. The lowest BCUT2D eigenvalue weighted by molar-refractivity contribution is 0.0981. The number of carbonyl (C=O) groups is 3. The molecule has 3 atom stereocenters. The Morgan fingerprint density at radius 1 is 0.417 bits per heavy atom. The van der Waals surface area contributed by atoms with E-state index in [0.29, 0.717) is 47.5 Å². The third-order valence-corrected chi connectivity index (χ3v) is 16.9. The molecule has 0 fully saturated rings. The van der Waals surface area contributed by atoms with Crippen LogP contribution in [0.15, 0.2) is 192 Å². The van der Waals surface area contributed by atoms with Crippen molar-refractivity contribution in [2.75, 3.05) is 67.7 Å². The van der Waals surface area contributed by atoms with Gasteiger partial charge in [-0.3, -0.25) is 57.9 Å². The Morgan fingerprint density at radius 2 is 0.757 bits per heavy atom. The first-order chi connectivity index (χ1) is 49.2. The molecular formula is C75H74N12O16. The van der Waals surface area contributed by atoms with E-state index in [1.807, 2.05) is 84.9 Å². The van der Waals surface area contributed by atoms with Crippen LogP contribution in [-0.2, 0) is 0 Å². The van der Waals surface area contributed by atoms with E-state index >= 15 is 0 Å². The summed E-state index contributed by atoms with van der Waals surface area (Å²) in [6.45, 7) is 14.9. The predicted molar refractivity (Wildman–Crippen MR) is 391 cm³/mol. The maximum absolute atomic E-state index is 13.0. The van der Waals surface area contributed by atoms with Gasteiger partial charge in [0.25, 0.3) is 50.3 Å². The number of nitrogens with one attached hydrogen (secondary N) is 6. The van der Waals surface area contributed by atoms with E-state index in [0.717, 1.165) is 17.3 Å². The third-order valence-electron chi connectivity index (χ3n) is 16.9. The van der Waals surface area contributed by atoms with Crippen molar-refractivity contribution in [1.82, 2.24) is 15.1 Å². The van der Waals surface area contributed by atoms with Crippen molar-refractivity contribution >= 4 is 86.4 Å². The van der Waals surface area contributed by atoms with Gasteiger partial charge in [-0.2, -0.15) is 0 Å². The molecule has 6 aromatic carbocycles. The summed E-state index contributed by atoms with van der Waals surface area (Å²) in [6, 6.07) is 35.4. The number of carbonyl (C=O) groups excluding carboxylic acids is 3. The Balaban J connectivity index is 0.000000166. The maximum atomic E-state index is 13.0. The van der Waals surface area contributed by atoms with E-state index in [1.165, 1.54) is 58.1 Å². The summed E-state index contributed by atoms with van der Waals surface area (Å²) >= 11 is 0. The monoisotopic (exact) mass is 1400 g/mol. The number of nitrogens with zero attached hydrogens (tertiary/aromatic N) is 6. The highest BCUT2D eigenvalue weighted by Gasteiger charge is 2.32. The molecule has 0 aliphatic heterocycles. The van der Waals surface area contributed by atoms with Crippen LogP contribution in [0.25, 0.3) is 0 Å². The van der Waals surface area contributed by atoms with Gasteiger partial charge < -0.3 is 65.0 Å². The maximum Gasteiger partial charge on any atom is 0.263 e. The number of aryl methyl sites for hydroxylation is 4. The van der Waals surface area contributed by atoms with Gasteiger partial charge in [0.15, 0.2) is 23.1 Å². The van der Waals surface area contributed by atoms with E-state index in [2.05, 4.69) is 47.0 Å². The average molecular weight is 1400 g/mol. The summed E-state index contributed by atoms with van der Waals surface area (Å²) < 4.78 is 22.0. The number of benzene rings is 3. The number of rotatable bonds is 24. The second-order valence-corrected chi connectivity index (χ2v) is 24.4. The van der Waals surface area contributed by atoms with Crippen LogP contribution in [0.5, 0.6) is 17.2 Å². The number of amides is 3. The Morgan fingerprint density at radius 3 is 1.06 bits per heavy atom. The van der Waals surface area contributed by atoms with E-state index in [-0.39, 0.29) is 115 Å². The topological polar surface area (TPSA) is 387 Å². The van der Waals surface area contributed by atoms with Crippen molar-refractivity contribution < 1.29 is 47.5 Å². The van der Waals surface area contributed by atoms with Crippen LogP contribution in [0, 0.1) is 33.6 Å². The zero-order valence-electron chi connectivity index (χ0n) is 57.9. The van der Waals surface area contributed by atoms with Crippen LogP contribution in [-0.4, -0.2) is 69.3 Å². The van der Waals surface area contributed by atoms with Crippen molar-refractivity contribution in [3.05, 3.63) is 264 Å². The fourth-order valence-corrected chi connectivity index (χ4v) is 11.0. The highest BCUT2D eigenvalue weighted by molar-refractivity contribution is 6.10. The number of hydrogen-bond acceptors (Lipinski definition) is 25. The van der Waals surface area contributed by atoms with Gasteiger partial charge in [-0.05, 0) is 144 Å². The lowest BCUT2D eigenvalue weighted by Crippen LogP contribution is -2.38. The number of hydrogen-bond donors (Lipinski definition) is 9. The fraction of sp³-hybridized carbons (Fsp3) is 0.227. The molecular weight excluding hydrogens is 1320 g/mol. The Bertz CT molecular complexity index is 5300. The first kappa shape index (κ1) is 72.6. The minimum atomic E-state index is -0.723. The van der Waals surface area contributed by atoms with Crippen LogP contribution >= 0.6 is 0 Å². The zero-order chi connectivity index (χ0) is 74.2. The van der Waals surface area contributed by atoms with Crippen molar-refractivity contribution in [3.63, 3.8) is 0 Å². The first-order valence-corrected chi connectivity index (χ1v) is 32.6. The molecule has 0 radical (unpaired) electrons. The molecule has 6 heterocycles. The molecule has 28 heteroatoms. The molecule has 0 saturated heterocycles. The van der Waals surface area contributed by atoms with E-state index in [1.54, 1.807) is 94.1 Å². The van der Waals surface area contributed by atoms with Gasteiger partial charge in [0.1, 0.15) is 86.1 Å². The average Bonchev–Trinajstić information content (AvgIpc) is 1.22. The molecule has 530 valence electrons. The number of phenols is 3. The Kier molecular flexibility index (Phi) is 21.8. The zero-order valence-corrected chi connectivity index (χ0v) is 57.9. The van der Waals surface area contributed by atoms with E-state index in [4.69, 9.17) is 17.8 Å². The van der Waals surface area contributed by atoms with Crippen LogP contribution < -0.4 is 79.2 Å². The lowest BCUT2D eigenvalue weighted by atomic mass is 10.0. The summed E-state index contributed by atoms with van der Waals surface area (Å²) in [4.78, 5) is 125. The first-order valence-electron chi connectivity index (χ1n) is 32.6.